The summed E-state index contributed by atoms with van der Waals surface area (Å²) in [5.74, 6) is -0.711. The van der Waals surface area contributed by atoms with Crippen molar-refractivity contribution in [1.29, 1.82) is 0 Å². The fourth-order valence-corrected chi connectivity index (χ4v) is 0.214. The Morgan fingerprint density at radius 2 is 1.88 bits per heavy atom. The molecule has 0 radical (unpaired) electrons. The Bertz CT molecular complexity index is 56.0. The van der Waals surface area contributed by atoms with Crippen molar-refractivity contribution in [3.8, 4) is 0 Å². The van der Waals surface area contributed by atoms with Gasteiger partial charge in [0, 0.05) is 49.9 Å². The van der Waals surface area contributed by atoms with E-state index in [-0.39, 0.29) is 43.4 Å². The van der Waals surface area contributed by atoms with E-state index in [4.69, 9.17) is 5.11 Å². The van der Waals surface area contributed by atoms with Crippen molar-refractivity contribution >= 4 is 5.97 Å². The topological polar surface area (TPSA) is 37.3 Å². The molecule has 0 atom stereocenters. The van der Waals surface area contributed by atoms with Crippen LogP contribution in [0, 0.1) is 0 Å². The predicted octanol–water partition coefficient (Wildman–Crippen LogP) is 0.866. The summed E-state index contributed by atoms with van der Waals surface area (Å²) in [4.78, 5) is 9.60. The van der Waals surface area contributed by atoms with Crippen molar-refractivity contribution in [2.75, 3.05) is 0 Å². The van der Waals surface area contributed by atoms with Crippen molar-refractivity contribution in [3.05, 3.63) is 0 Å². The maximum absolute atomic E-state index is 9.60. The number of carboxylic acids is 1. The summed E-state index contributed by atoms with van der Waals surface area (Å²) in [6, 6.07) is 0. The van der Waals surface area contributed by atoms with Crippen molar-refractivity contribution < 1.29 is 53.3 Å². The van der Waals surface area contributed by atoms with Crippen LogP contribution in [0.4, 0.5) is 0 Å². The normalized spacial score (nSPS) is 6.12. The maximum Gasteiger partial charge on any atom is 0.303 e. The van der Waals surface area contributed by atoms with E-state index in [1.54, 1.807) is 0 Å². The molecule has 0 aliphatic carbocycles. The van der Waals surface area contributed by atoms with Gasteiger partial charge in [0.1, 0.15) is 0 Å². The summed E-state index contributed by atoms with van der Waals surface area (Å²) in [6.45, 7) is 1.84. The minimum absolute atomic E-state index is 0. The van der Waals surface area contributed by atoms with Crippen LogP contribution in [0.15, 0.2) is 0 Å². The first-order chi connectivity index (χ1) is 2.77. The van der Waals surface area contributed by atoms with Gasteiger partial charge in [-0.05, 0) is 6.42 Å². The van der Waals surface area contributed by atoms with Crippen LogP contribution in [0.25, 0.3) is 0 Å². The minimum atomic E-state index is -0.711. The number of carbonyl (C=O) groups is 1. The molecule has 8 heavy (non-hydrogen) atoms. The van der Waals surface area contributed by atoms with Crippen LogP contribution in [0.2, 0.25) is 0 Å². The average Bonchev–Trinajstić information content (AvgIpc) is 1.35. The minimum Gasteiger partial charge on any atom is -0.481 e. The van der Waals surface area contributed by atoms with Gasteiger partial charge in [-0.25, -0.2) is 0 Å². The Hall–Kier alpha value is 0.899. The number of aliphatic carboxylic acids is 1. The molecule has 0 spiro atoms. The molecule has 0 rings (SSSR count). The van der Waals surface area contributed by atoms with Crippen LogP contribution in [0.5, 0.6) is 0 Å². The molecule has 0 bridgehead atoms. The summed E-state index contributed by atoms with van der Waals surface area (Å²) in [6.07, 6.45) is 1.02. The molecular weight excluding hydrogens is 176 g/mol. The molecule has 0 saturated heterocycles. The Morgan fingerprint density at radius 1 is 1.50 bits per heavy atom. The van der Waals surface area contributed by atoms with E-state index >= 15 is 0 Å². The third kappa shape index (κ3) is 15.8. The quantitative estimate of drug-likeness (QED) is 0.646. The number of rotatable bonds is 2. The van der Waals surface area contributed by atoms with Crippen LogP contribution in [0.3, 0.4) is 0 Å². The van der Waals surface area contributed by atoms with E-state index in [0.29, 0.717) is 6.42 Å². The molecule has 2 nitrogen and oxygen atoms in total. The van der Waals surface area contributed by atoms with Gasteiger partial charge in [0.2, 0.25) is 0 Å². The van der Waals surface area contributed by atoms with Crippen LogP contribution < -0.4 is 0 Å². The molecule has 0 aromatic heterocycles. The van der Waals surface area contributed by atoms with Crippen LogP contribution in [-0.2, 0) is 48.2 Å². The van der Waals surface area contributed by atoms with Gasteiger partial charge in [-0.3, -0.25) is 4.79 Å². The fraction of sp³-hybridized carbons (Fsp3) is 0.750. The summed E-state index contributed by atoms with van der Waals surface area (Å²) >= 11 is 0. The summed E-state index contributed by atoms with van der Waals surface area (Å²) in [7, 11) is 0. The molecular formula is C4H8O2Ti2. The molecule has 0 saturated carbocycles. The van der Waals surface area contributed by atoms with Crippen molar-refractivity contribution in [2.45, 2.75) is 19.8 Å². The van der Waals surface area contributed by atoms with E-state index in [0.717, 1.165) is 6.42 Å². The van der Waals surface area contributed by atoms with Gasteiger partial charge in [0.25, 0.3) is 0 Å². The van der Waals surface area contributed by atoms with Crippen LogP contribution >= 0.6 is 0 Å². The molecule has 44 valence electrons. The first-order valence-electron chi connectivity index (χ1n) is 1.99. The molecule has 0 fully saturated rings. The van der Waals surface area contributed by atoms with Crippen molar-refractivity contribution in [1.82, 2.24) is 0 Å². The maximum atomic E-state index is 9.60. The molecule has 1 N–H and O–H groups in total. The SMILES string of the molecule is CCCC(=O)O.[Ti].[Ti]. The van der Waals surface area contributed by atoms with Gasteiger partial charge < -0.3 is 5.11 Å². The first kappa shape index (κ1) is 16.0. The Kier molecular flexibility index (Phi) is 21.5. The first-order valence-corrected chi connectivity index (χ1v) is 1.99. The second-order valence-corrected chi connectivity index (χ2v) is 1.14. The Labute approximate surface area is 78.8 Å². The van der Waals surface area contributed by atoms with Gasteiger partial charge >= 0.3 is 5.97 Å². The van der Waals surface area contributed by atoms with Crippen molar-refractivity contribution in [3.63, 3.8) is 0 Å². The number of hydrogen-bond donors (Lipinski definition) is 1. The van der Waals surface area contributed by atoms with E-state index in [1.807, 2.05) is 6.92 Å². The number of hydrogen-bond acceptors (Lipinski definition) is 1. The summed E-state index contributed by atoms with van der Waals surface area (Å²) in [5, 5.41) is 7.91. The second-order valence-electron chi connectivity index (χ2n) is 1.14. The second kappa shape index (κ2) is 10.8. The molecule has 0 amide bonds. The Balaban J connectivity index is -0.000000125. The van der Waals surface area contributed by atoms with Gasteiger partial charge in [-0.15, -0.1) is 0 Å². The number of carboxylic acid groups (broad SMARTS) is 1. The molecule has 0 unspecified atom stereocenters. The van der Waals surface area contributed by atoms with E-state index in [9.17, 15) is 4.79 Å². The van der Waals surface area contributed by atoms with E-state index in [2.05, 4.69) is 0 Å². The average molecular weight is 184 g/mol. The van der Waals surface area contributed by atoms with Gasteiger partial charge in [0.05, 0.1) is 0 Å². The monoisotopic (exact) mass is 184 g/mol. The third-order valence-corrected chi connectivity index (χ3v) is 0.464. The molecule has 0 aliphatic rings. The fourth-order valence-electron chi connectivity index (χ4n) is 0.214. The van der Waals surface area contributed by atoms with Crippen LogP contribution in [0.1, 0.15) is 19.8 Å². The van der Waals surface area contributed by atoms with Crippen LogP contribution in [-0.4, -0.2) is 11.1 Å². The molecule has 4 heteroatoms. The van der Waals surface area contributed by atoms with E-state index in [1.165, 1.54) is 0 Å². The zero-order valence-corrected chi connectivity index (χ0v) is 7.89. The smallest absolute Gasteiger partial charge is 0.303 e. The molecule has 0 aromatic carbocycles. The predicted molar refractivity (Wildman–Crippen MR) is 22.5 cm³/mol. The largest absolute Gasteiger partial charge is 0.481 e. The van der Waals surface area contributed by atoms with Gasteiger partial charge in [-0.1, -0.05) is 6.92 Å². The van der Waals surface area contributed by atoms with Gasteiger partial charge in [-0.2, -0.15) is 0 Å². The molecule has 0 heterocycles. The summed E-state index contributed by atoms with van der Waals surface area (Å²) in [5.41, 5.74) is 0. The van der Waals surface area contributed by atoms with E-state index < -0.39 is 5.97 Å². The molecule has 0 aromatic rings. The van der Waals surface area contributed by atoms with Gasteiger partial charge in [0.15, 0.2) is 0 Å². The summed E-state index contributed by atoms with van der Waals surface area (Å²) < 4.78 is 0. The third-order valence-electron chi connectivity index (χ3n) is 0.464. The Morgan fingerprint density at radius 3 is 1.88 bits per heavy atom. The zero-order chi connectivity index (χ0) is 4.99. The standard InChI is InChI=1S/C4H8O2.2Ti/c1-2-3-4(5)6;;/h2-3H2,1H3,(H,5,6);;. The zero-order valence-electron chi connectivity index (χ0n) is 4.77. The van der Waals surface area contributed by atoms with Crippen molar-refractivity contribution in [2.24, 2.45) is 0 Å². The molecule has 0 aliphatic heterocycles.